The number of ether oxygens (including phenoxy) is 1. The molecule has 3 rings (SSSR count). The molecule has 0 spiro atoms. The molecule has 1 aromatic heterocycles. The fourth-order valence-corrected chi connectivity index (χ4v) is 3.07. The molecule has 0 atom stereocenters. The Balaban J connectivity index is 1.76. The SMILES string of the molecule is Cc1cc(F)ccc1Oc1cc(N(C)C2CCCCC2)ncn1. The molecule has 23 heavy (non-hydrogen) atoms. The van der Waals surface area contributed by atoms with Crippen LogP contribution in [0.1, 0.15) is 37.7 Å². The second kappa shape index (κ2) is 6.94. The Hall–Kier alpha value is -2.17. The van der Waals surface area contributed by atoms with Gasteiger partial charge in [-0.2, -0.15) is 0 Å². The normalized spacial score (nSPS) is 15.4. The van der Waals surface area contributed by atoms with Crippen molar-refractivity contribution < 1.29 is 9.13 Å². The number of halogens is 1. The van der Waals surface area contributed by atoms with Crippen LogP contribution in [0.2, 0.25) is 0 Å². The maximum absolute atomic E-state index is 13.2. The van der Waals surface area contributed by atoms with Crippen molar-refractivity contribution in [2.75, 3.05) is 11.9 Å². The lowest BCUT2D eigenvalue weighted by Gasteiger charge is -2.32. The fraction of sp³-hybridized carbons (Fsp3) is 0.444. The third-order valence-electron chi connectivity index (χ3n) is 4.46. The highest BCUT2D eigenvalue weighted by Gasteiger charge is 2.19. The summed E-state index contributed by atoms with van der Waals surface area (Å²) in [6, 6.07) is 6.83. The summed E-state index contributed by atoms with van der Waals surface area (Å²) < 4.78 is 19.0. The largest absolute Gasteiger partial charge is 0.439 e. The molecule has 0 bridgehead atoms. The molecule has 4 nitrogen and oxygen atoms in total. The van der Waals surface area contributed by atoms with Crippen LogP contribution in [-0.4, -0.2) is 23.1 Å². The van der Waals surface area contributed by atoms with Crippen molar-refractivity contribution in [2.24, 2.45) is 0 Å². The highest BCUT2D eigenvalue weighted by molar-refractivity contribution is 5.43. The number of hydrogen-bond acceptors (Lipinski definition) is 4. The summed E-state index contributed by atoms with van der Waals surface area (Å²) in [4.78, 5) is 10.8. The molecule has 1 heterocycles. The Bertz CT molecular complexity index is 671. The van der Waals surface area contributed by atoms with Gasteiger partial charge >= 0.3 is 0 Å². The summed E-state index contributed by atoms with van der Waals surface area (Å²) in [6.07, 6.45) is 7.80. The van der Waals surface area contributed by atoms with E-state index in [1.165, 1.54) is 50.6 Å². The zero-order valence-corrected chi connectivity index (χ0v) is 13.6. The number of hydrogen-bond donors (Lipinski definition) is 0. The first kappa shape index (κ1) is 15.7. The van der Waals surface area contributed by atoms with Crippen LogP contribution in [0.25, 0.3) is 0 Å². The summed E-state index contributed by atoms with van der Waals surface area (Å²) in [7, 11) is 2.07. The fourth-order valence-electron chi connectivity index (χ4n) is 3.07. The van der Waals surface area contributed by atoms with Crippen LogP contribution in [0.5, 0.6) is 11.6 Å². The molecular weight excluding hydrogens is 293 g/mol. The van der Waals surface area contributed by atoms with Crippen LogP contribution in [0.3, 0.4) is 0 Å². The van der Waals surface area contributed by atoms with Crippen molar-refractivity contribution in [1.82, 2.24) is 9.97 Å². The Morgan fingerprint density at radius 1 is 1.13 bits per heavy atom. The lowest BCUT2D eigenvalue weighted by Crippen LogP contribution is -2.33. The van der Waals surface area contributed by atoms with E-state index in [2.05, 4.69) is 21.9 Å². The first-order valence-electron chi connectivity index (χ1n) is 8.12. The smallest absolute Gasteiger partial charge is 0.224 e. The van der Waals surface area contributed by atoms with Gasteiger partial charge in [-0.1, -0.05) is 19.3 Å². The Kier molecular flexibility index (Phi) is 4.74. The summed E-state index contributed by atoms with van der Waals surface area (Å²) in [5.41, 5.74) is 0.741. The molecule has 0 amide bonds. The number of benzene rings is 1. The summed E-state index contributed by atoms with van der Waals surface area (Å²) >= 11 is 0. The van der Waals surface area contributed by atoms with Crippen LogP contribution < -0.4 is 9.64 Å². The third kappa shape index (κ3) is 3.78. The zero-order valence-electron chi connectivity index (χ0n) is 13.6. The highest BCUT2D eigenvalue weighted by Crippen LogP contribution is 2.28. The number of aryl methyl sites for hydroxylation is 1. The molecule has 0 aliphatic heterocycles. The Morgan fingerprint density at radius 3 is 2.65 bits per heavy atom. The van der Waals surface area contributed by atoms with E-state index < -0.39 is 0 Å². The van der Waals surface area contributed by atoms with Gasteiger partial charge in [0.1, 0.15) is 23.7 Å². The zero-order chi connectivity index (χ0) is 16.2. The molecule has 1 aliphatic carbocycles. The molecule has 0 radical (unpaired) electrons. The molecule has 0 unspecified atom stereocenters. The summed E-state index contributed by atoms with van der Waals surface area (Å²) in [6.45, 7) is 1.81. The first-order valence-corrected chi connectivity index (χ1v) is 8.12. The first-order chi connectivity index (χ1) is 11.1. The van der Waals surface area contributed by atoms with Crippen molar-refractivity contribution in [1.29, 1.82) is 0 Å². The highest BCUT2D eigenvalue weighted by atomic mass is 19.1. The molecule has 122 valence electrons. The van der Waals surface area contributed by atoms with Gasteiger partial charge < -0.3 is 9.64 Å². The molecule has 1 aliphatic rings. The summed E-state index contributed by atoms with van der Waals surface area (Å²) in [5.74, 6) is 1.68. The van der Waals surface area contributed by atoms with Crippen molar-refractivity contribution in [3.8, 4) is 11.6 Å². The number of nitrogens with zero attached hydrogens (tertiary/aromatic N) is 3. The van der Waals surface area contributed by atoms with Gasteiger partial charge in [0.15, 0.2) is 0 Å². The van der Waals surface area contributed by atoms with E-state index >= 15 is 0 Å². The third-order valence-corrected chi connectivity index (χ3v) is 4.46. The molecular formula is C18H22FN3O. The molecule has 0 N–H and O–H groups in total. The quantitative estimate of drug-likeness (QED) is 0.833. The second-order valence-corrected chi connectivity index (χ2v) is 6.13. The molecule has 0 saturated heterocycles. The Morgan fingerprint density at radius 2 is 1.91 bits per heavy atom. The van der Waals surface area contributed by atoms with Gasteiger partial charge in [-0.25, -0.2) is 14.4 Å². The minimum Gasteiger partial charge on any atom is -0.439 e. The van der Waals surface area contributed by atoms with E-state index in [9.17, 15) is 4.39 Å². The van der Waals surface area contributed by atoms with Gasteiger partial charge in [0.25, 0.3) is 0 Å². The van der Waals surface area contributed by atoms with Gasteiger partial charge in [-0.05, 0) is 43.5 Å². The van der Waals surface area contributed by atoms with Crippen molar-refractivity contribution in [2.45, 2.75) is 45.1 Å². The number of aromatic nitrogens is 2. The topological polar surface area (TPSA) is 38.2 Å². The second-order valence-electron chi connectivity index (χ2n) is 6.13. The minimum atomic E-state index is -0.268. The maximum atomic E-state index is 13.2. The van der Waals surface area contributed by atoms with Crippen LogP contribution in [-0.2, 0) is 0 Å². The lowest BCUT2D eigenvalue weighted by atomic mass is 9.94. The predicted molar refractivity (Wildman–Crippen MR) is 88.5 cm³/mol. The maximum Gasteiger partial charge on any atom is 0.224 e. The molecule has 1 fully saturated rings. The predicted octanol–water partition coefficient (Wildman–Crippen LogP) is 4.49. The van der Waals surface area contributed by atoms with Gasteiger partial charge in [0.05, 0.1) is 0 Å². The van der Waals surface area contributed by atoms with E-state index in [4.69, 9.17) is 4.74 Å². The van der Waals surface area contributed by atoms with Crippen molar-refractivity contribution in [3.63, 3.8) is 0 Å². The average Bonchev–Trinajstić information content (AvgIpc) is 2.58. The average molecular weight is 315 g/mol. The summed E-state index contributed by atoms with van der Waals surface area (Å²) in [5, 5.41) is 0. The number of rotatable bonds is 4. The standard InChI is InChI=1S/C18H22FN3O/c1-13-10-14(19)8-9-16(13)23-18-11-17(20-12-21-18)22(2)15-6-4-3-5-7-15/h8-12,15H,3-7H2,1-2H3. The van der Waals surface area contributed by atoms with E-state index in [1.807, 2.05) is 13.0 Å². The van der Waals surface area contributed by atoms with E-state index in [0.29, 0.717) is 17.7 Å². The molecule has 1 aromatic carbocycles. The number of anilines is 1. The van der Waals surface area contributed by atoms with Gasteiger partial charge in [0, 0.05) is 19.2 Å². The molecule has 1 saturated carbocycles. The molecule has 5 heteroatoms. The van der Waals surface area contributed by atoms with Gasteiger partial charge in [-0.3, -0.25) is 0 Å². The lowest BCUT2D eigenvalue weighted by molar-refractivity contribution is 0.423. The van der Waals surface area contributed by atoms with E-state index in [1.54, 1.807) is 6.07 Å². The van der Waals surface area contributed by atoms with Gasteiger partial charge in [-0.15, -0.1) is 0 Å². The van der Waals surface area contributed by atoms with Gasteiger partial charge in [0.2, 0.25) is 5.88 Å². The van der Waals surface area contributed by atoms with Crippen LogP contribution in [0, 0.1) is 12.7 Å². The van der Waals surface area contributed by atoms with E-state index in [0.717, 1.165) is 11.4 Å². The van der Waals surface area contributed by atoms with E-state index in [-0.39, 0.29) is 5.82 Å². The van der Waals surface area contributed by atoms with Crippen molar-refractivity contribution in [3.05, 3.63) is 42.0 Å². The van der Waals surface area contributed by atoms with Crippen LogP contribution >= 0.6 is 0 Å². The minimum absolute atomic E-state index is 0.268. The monoisotopic (exact) mass is 315 g/mol. The van der Waals surface area contributed by atoms with Crippen molar-refractivity contribution >= 4 is 5.82 Å². The van der Waals surface area contributed by atoms with Crippen LogP contribution in [0.4, 0.5) is 10.2 Å². The Labute approximate surface area is 136 Å². The molecule has 2 aromatic rings. The van der Waals surface area contributed by atoms with Crippen LogP contribution in [0.15, 0.2) is 30.6 Å².